The minimum atomic E-state index is -0.979. The van der Waals surface area contributed by atoms with Crippen molar-refractivity contribution in [2.45, 2.75) is 25.7 Å². The lowest BCUT2D eigenvalue weighted by molar-refractivity contribution is 0.0941. The highest BCUT2D eigenvalue weighted by molar-refractivity contribution is 5.94. The molecule has 1 aromatic carbocycles. The summed E-state index contributed by atoms with van der Waals surface area (Å²) in [5.74, 6) is -0.0719. The summed E-state index contributed by atoms with van der Waals surface area (Å²) in [5, 5.41) is 2.84. The van der Waals surface area contributed by atoms with Gasteiger partial charge in [-0.1, -0.05) is 6.42 Å². The van der Waals surface area contributed by atoms with E-state index in [4.69, 9.17) is 0 Å². The molecule has 0 unspecified atom stereocenters. The fraction of sp³-hybridized carbons (Fsp3) is 0.533. The van der Waals surface area contributed by atoms with E-state index < -0.39 is 11.6 Å². The average molecular weight is 265 g/mol. The van der Waals surface area contributed by atoms with Gasteiger partial charge in [0.15, 0.2) is 11.6 Å². The van der Waals surface area contributed by atoms with Crippen molar-refractivity contribution in [2.75, 3.05) is 6.54 Å². The SMILES string of the molecule is O=C(NC[C@@H]1C[C@@H]2CC[C@@H]1C2)c1ccc(F)c(F)c1. The minimum Gasteiger partial charge on any atom is -0.352 e. The van der Waals surface area contributed by atoms with Gasteiger partial charge in [0.2, 0.25) is 0 Å². The Kier molecular flexibility index (Phi) is 3.25. The van der Waals surface area contributed by atoms with Crippen LogP contribution in [-0.2, 0) is 0 Å². The van der Waals surface area contributed by atoms with Gasteiger partial charge in [-0.3, -0.25) is 4.79 Å². The van der Waals surface area contributed by atoms with Gasteiger partial charge in [-0.2, -0.15) is 0 Å². The number of fused-ring (bicyclic) bond motifs is 2. The van der Waals surface area contributed by atoms with Gasteiger partial charge in [-0.05, 0) is 55.2 Å². The summed E-state index contributed by atoms with van der Waals surface area (Å²) in [6, 6.07) is 3.25. The number of hydrogen-bond donors (Lipinski definition) is 1. The van der Waals surface area contributed by atoms with Crippen molar-refractivity contribution in [3.05, 3.63) is 35.4 Å². The maximum absolute atomic E-state index is 13.0. The molecule has 2 nitrogen and oxygen atoms in total. The van der Waals surface area contributed by atoms with E-state index >= 15 is 0 Å². The van der Waals surface area contributed by atoms with Crippen LogP contribution < -0.4 is 5.32 Å². The molecule has 19 heavy (non-hydrogen) atoms. The molecule has 2 fully saturated rings. The number of carbonyl (C=O) groups excluding carboxylic acids is 1. The molecule has 4 heteroatoms. The Balaban J connectivity index is 1.57. The van der Waals surface area contributed by atoms with Crippen molar-refractivity contribution in [3.63, 3.8) is 0 Å². The number of benzene rings is 1. The first-order valence-electron chi connectivity index (χ1n) is 6.86. The number of carbonyl (C=O) groups is 1. The predicted molar refractivity (Wildman–Crippen MR) is 67.6 cm³/mol. The van der Waals surface area contributed by atoms with Gasteiger partial charge >= 0.3 is 0 Å². The number of halogens is 2. The summed E-state index contributed by atoms with van der Waals surface area (Å²) < 4.78 is 25.8. The van der Waals surface area contributed by atoms with E-state index in [1.165, 1.54) is 31.7 Å². The summed E-state index contributed by atoms with van der Waals surface area (Å²) in [5.41, 5.74) is 0.182. The second-order valence-electron chi connectivity index (χ2n) is 5.77. The molecular weight excluding hydrogens is 248 g/mol. The Labute approximate surface area is 111 Å². The highest BCUT2D eigenvalue weighted by Gasteiger charge is 2.39. The van der Waals surface area contributed by atoms with E-state index in [-0.39, 0.29) is 11.5 Å². The van der Waals surface area contributed by atoms with Crippen molar-refractivity contribution >= 4 is 5.91 Å². The lowest BCUT2D eigenvalue weighted by atomic mass is 9.89. The predicted octanol–water partition coefficient (Wildman–Crippen LogP) is 3.13. The molecule has 2 bridgehead atoms. The largest absolute Gasteiger partial charge is 0.352 e. The molecule has 0 aliphatic heterocycles. The van der Waals surface area contributed by atoms with Crippen molar-refractivity contribution < 1.29 is 13.6 Å². The van der Waals surface area contributed by atoms with Crippen molar-refractivity contribution in [1.82, 2.24) is 5.32 Å². The summed E-state index contributed by atoms with van der Waals surface area (Å²) in [6.07, 6.45) is 5.10. The number of nitrogens with one attached hydrogen (secondary N) is 1. The van der Waals surface area contributed by atoms with E-state index in [1.807, 2.05) is 0 Å². The van der Waals surface area contributed by atoms with Crippen molar-refractivity contribution in [3.8, 4) is 0 Å². The Hall–Kier alpha value is -1.45. The molecule has 0 aromatic heterocycles. The molecule has 1 aromatic rings. The zero-order valence-electron chi connectivity index (χ0n) is 10.7. The summed E-state index contributed by atoms with van der Waals surface area (Å²) in [6.45, 7) is 0.652. The van der Waals surface area contributed by atoms with Crippen LogP contribution in [0.25, 0.3) is 0 Å². The third kappa shape index (κ3) is 2.48. The molecule has 2 aliphatic rings. The number of amides is 1. The van der Waals surface area contributed by atoms with Crippen LogP contribution in [0.2, 0.25) is 0 Å². The van der Waals surface area contributed by atoms with Gasteiger partial charge in [0, 0.05) is 12.1 Å². The zero-order valence-corrected chi connectivity index (χ0v) is 10.7. The lowest BCUT2D eigenvalue weighted by Gasteiger charge is -2.21. The summed E-state index contributed by atoms with van der Waals surface area (Å²) in [7, 11) is 0. The van der Waals surface area contributed by atoms with E-state index in [0.717, 1.165) is 24.0 Å². The monoisotopic (exact) mass is 265 g/mol. The summed E-state index contributed by atoms with van der Waals surface area (Å²) >= 11 is 0. The average Bonchev–Trinajstić information content (AvgIpc) is 3.01. The molecule has 102 valence electrons. The van der Waals surface area contributed by atoms with E-state index in [9.17, 15) is 13.6 Å². The molecule has 2 aliphatic carbocycles. The first-order valence-corrected chi connectivity index (χ1v) is 6.86. The molecule has 3 rings (SSSR count). The minimum absolute atomic E-state index is 0.182. The Morgan fingerprint density at radius 3 is 2.68 bits per heavy atom. The molecular formula is C15H17F2NO. The van der Waals surface area contributed by atoms with Gasteiger partial charge in [0.25, 0.3) is 5.91 Å². The number of hydrogen-bond acceptors (Lipinski definition) is 1. The van der Waals surface area contributed by atoms with Crippen LogP contribution >= 0.6 is 0 Å². The topological polar surface area (TPSA) is 29.1 Å². The first-order chi connectivity index (χ1) is 9.13. The van der Waals surface area contributed by atoms with Crippen LogP contribution in [0.5, 0.6) is 0 Å². The zero-order chi connectivity index (χ0) is 13.4. The van der Waals surface area contributed by atoms with Crippen LogP contribution in [0.3, 0.4) is 0 Å². The van der Waals surface area contributed by atoms with Gasteiger partial charge in [0.05, 0.1) is 0 Å². The van der Waals surface area contributed by atoms with Crippen molar-refractivity contribution in [2.24, 2.45) is 17.8 Å². The molecule has 1 N–H and O–H groups in total. The lowest BCUT2D eigenvalue weighted by Crippen LogP contribution is -2.31. The van der Waals surface area contributed by atoms with Gasteiger partial charge < -0.3 is 5.32 Å². The first kappa shape index (κ1) is 12.6. The van der Waals surface area contributed by atoms with Gasteiger partial charge in [-0.15, -0.1) is 0 Å². The third-order valence-corrected chi connectivity index (χ3v) is 4.59. The molecule has 0 spiro atoms. The third-order valence-electron chi connectivity index (χ3n) is 4.59. The maximum Gasteiger partial charge on any atom is 0.251 e. The van der Waals surface area contributed by atoms with Gasteiger partial charge in [0.1, 0.15) is 0 Å². The normalized spacial score (nSPS) is 28.6. The molecule has 2 saturated carbocycles. The van der Waals surface area contributed by atoms with Crippen LogP contribution in [0, 0.1) is 29.4 Å². The maximum atomic E-state index is 13.0. The van der Waals surface area contributed by atoms with E-state index in [0.29, 0.717) is 12.5 Å². The molecule has 0 saturated heterocycles. The smallest absolute Gasteiger partial charge is 0.251 e. The summed E-state index contributed by atoms with van der Waals surface area (Å²) in [4.78, 5) is 11.9. The second kappa shape index (κ2) is 4.91. The standard InChI is InChI=1S/C15H17F2NO/c16-13-4-3-11(7-14(13)17)15(19)18-8-12-6-9-1-2-10(12)5-9/h3-4,7,9-10,12H,1-2,5-6,8H2,(H,18,19)/t9-,10-,12+/m1/s1. The molecule has 0 radical (unpaired) electrons. The fourth-order valence-corrected chi connectivity index (χ4v) is 3.59. The highest BCUT2D eigenvalue weighted by atomic mass is 19.2. The molecule has 1 amide bonds. The highest BCUT2D eigenvalue weighted by Crippen LogP contribution is 2.47. The van der Waals surface area contributed by atoms with Crippen molar-refractivity contribution in [1.29, 1.82) is 0 Å². The molecule has 3 atom stereocenters. The Morgan fingerprint density at radius 2 is 2.05 bits per heavy atom. The Bertz CT molecular complexity index is 503. The van der Waals surface area contributed by atoms with Crippen LogP contribution in [0.15, 0.2) is 18.2 Å². The van der Waals surface area contributed by atoms with Crippen LogP contribution in [0.4, 0.5) is 8.78 Å². The van der Waals surface area contributed by atoms with Gasteiger partial charge in [-0.25, -0.2) is 8.78 Å². The van der Waals surface area contributed by atoms with E-state index in [1.54, 1.807) is 0 Å². The fourth-order valence-electron chi connectivity index (χ4n) is 3.59. The number of rotatable bonds is 3. The van der Waals surface area contributed by atoms with Crippen LogP contribution in [0.1, 0.15) is 36.0 Å². The second-order valence-corrected chi connectivity index (χ2v) is 5.77. The van der Waals surface area contributed by atoms with E-state index in [2.05, 4.69) is 5.32 Å². The molecule has 0 heterocycles. The van der Waals surface area contributed by atoms with Crippen LogP contribution in [-0.4, -0.2) is 12.5 Å². The Morgan fingerprint density at radius 1 is 1.21 bits per heavy atom. The quantitative estimate of drug-likeness (QED) is 0.893.